The summed E-state index contributed by atoms with van der Waals surface area (Å²) in [5.74, 6) is 2.09. The molecule has 2 aliphatic rings. The van der Waals surface area contributed by atoms with E-state index in [1.54, 1.807) is 0 Å². The summed E-state index contributed by atoms with van der Waals surface area (Å²) >= 11 is 0. The third-order valence-corrected chi connectivity index (χ3v) is 12.2. The molecule has 1 atom stereocenters. The number of fused-ring (bicyclic) bond motifs is 7. The van der Waals surface area contributed by atoms with Gasteiger partial charge in [0.2, 0.25) is 0 Å². The van der Waals surface area contributed by atoms with Crippen LogP contribution in [0.5, 0.6) is 0 Å². The first kappa shape index (κ1) is 35.8. The van der Waals surface area contributed by atoms with E-state index < -0.39 is 0 Å². The molecule has 0 amide bonds. The summed E-state index contributed by atoms with van der Waals surface area (Å²) in [5, 5.41) is 2.12. The minimum atomic E-state index is 0.258. The highest BCUT2D eigenvalue weighted by Crippen LogP contribution is 2.55. The number of nitrogens with zero attached hydrogens (tertiary/aromatic N) is 4. The van der Waals surface area contributed by atoms with Crippen LogP contribution in [0.2, 0.25) is 0 Å². The highest BCUT2D eigenvalue weighted by molar-refractivity contribution is 6.17. The van der Waals surface area contributed by atoms with Crippen LogP contribution >= 0.6 is 0 Å². The Morgan fingerprint density at radius 1 is 0.468 bits per heavy atom. The van der Waals surface area contributed by atoms with Crippen molar-refractivity contribution in [2.75, 3.05) is 4.90 Å². The molecular formula is C57H38N4O. The highest BCUT2D eigenvalue weighted by atomic mass is 16.3. The molecule has 0 bridgehead atoms. The van der Waals surface area contributed by atoms with Crippen LogP contribution in [0, 0.1) is 0 Å². The number of anilines is 2. The average molecular weight is 795 g/mol. The minimum absolute atomic E-state index is 0.258. The van der Waals surface area contributed by atoms with Crippen molar-refractivity contribution in [2.45, 2.75) is 12.3 Å². The summed E-state index contributed by atoms with van der Waals surface area (Å²) < 4.78 is 7.03. The summed E-state index contributed by atoms with van der Waals surface area (Å²) in [6, 6.07) is 67.9. The average Bonchev–Trinajstić information content (AvgIpc) is 3.91. The van der Waals surface area contributed by atoms with E-state index in [4.69, 9.17) is 19.4 Å². The Morgan fingerprint density at radius 3 is 1.77 bits per heavy atom. The molecule has 292 valence electrons. The van der Waals surface area contributed by atoms with Gasteiger partial charge in [0.25, 0.3) is 0 Å². The van der Waals surface area contributed by atoms with Gasteiger partial charge in [-0.25, -0.2) is 15.0 Å². The van der Waals surface area contributed by atoms with E-state index in [9.17, 15) is 0 Å². The van der Waals surface area contributed by atoms with Crippen molar-refractivity contribution in [3.63, 3.8) is 0 Å². The molecule has 1 aliphatic heterocycles. The Morgan fingerprint density at radius 2 is 1.06 bits per heavy atom. The number of allylic oxidation sites excluding steroid dienone is 4. The topological polar surface area (TPSA) is 55.1 Å². The van der Waals surface area contributed by atoms with E-state index in [0.29, 0.717) is 17.5 Å². The molecule has 0 spiro atoms. The Hall–Kier alpha value is -8.15. The third-order valence-electron chi connectivity index (χ3n) is 12.2. The molecule has 5 nitrogen and oxygen atoms in total. The Balaban J connectivity index is 1.11. The first-order valence-electron chi connectivity index (χ1n) is 21.1. The fraction of sp³-hybridized carbons (Fsp3) is 0.0351. The zero-order chi connectivity index (χ0) is 41.0. The van der Waals surface area contributed by atoms with Gasteiger partial charge in [0, 0.05) is 44.8 Å². The monoisotopic (exact) mass is 794 g/mol. The molecule has 0 radical (unpaired) electrons. The maximum Gasteiger partial charge on any atom is 0.164 e. The summed E-state index contributed by atoms with van der Waals surface area (Å²) in [6.45, 7) is 0. The van der Waals surface area contributed by atoms with E-state index in [2.05, 4.69) is 181 Å². The van der Waals surface area contributed by atoms with Crippen molar-refractivity contribution in [3.05, 3.63) is 224 Å². The number of benzene rings is 8. The second kappa shape index (κ2) is 14.8. The van der Waals surface area contributed by atoms with Crippen LogP contribution < -0.4 is 4.90 Å². The summed E-state index contributed by atoms with van der Waals surface area (Å²) in [4.78, 5) is 18.0. The van der Waals surface area contributed by atoms with Crippen molar-refractivity contribution in [1.29, 1.82) is 0 Å². The molecule has 62 heavy (non-hydrogen) atoms. The molecule has 2 aromatic heterocycles. The zero-order valence-corrected chi connectivity index (χ0v) is 33.7. The van der Waals surface area contributed by atoms with E-state index in [1.807, 2.05) is 36.4 Å². The molecule has 10 aromatic rings. The summed E-state index contributed by atoms with van der Waals surface area (Å²) in [7, 11) is 0. The fourth-order valence-electron chi connectivity index (χ4n) is 9.33. The molecule has 12 rings (SSSR count). The Bertz CT molecular complexity index is 3320. The largest absolute Gasteiger partial charge is 0.454 e. The van der Waals surface area contributed by atoms with E-state index in [0.717, 1.165) is 84.2 Å². The van der Waals surface area contributed by atoms with Crippen molar-refractivity contribution >= 4 is 33.3 Å². The van der Waals surface area contributed by atoms with Crippen LogP contribution in [0.4, 0.5) is 11.4 Å². The zero-order valence-electron chi connectivity index (χ0n) is 33.7. The van der Waals surface area contributed by atoms with Gasteiger partial charge in [-0.3, -0.25) is 0 Å². The summed E-state index contributed by atoms with van der Waals surface area (Å²) in [5.41, 5.74) is 15.8. The molecule has 0 N–H and O–H groups in total. The molecule has 3 heterocycles. The summed E-state index contributed by atoms with van der Waals surface area (Å²) in [6.07, 6.45) is 7.65. The number of rotatable bonds is 7. The number of furan rings is 1. The third kappa shape index (κ3) is 6.05. The quantitative estimate of drug-likeness (QED) is 0.161. The fourth-order valence-corrected chi connectivity index (χ4v) is 9.33. The van der Waals surface area contributed by atoms with E-state index >= 15 is 0 Å². The second-order valence-corrected chi connectivity index (χ2v) is 15.9. The van der Waals surface area contributed by atoms with Gasteiger partial charge >= 0.3 is 0 Å². The van der Waals surface area contributed by atoms with Gasteiger partial charge in [-0.1, -0.05) is 176 Å². The van der Waals surface area contributed by atoms with Gasteiger partial charge in [-0.15, -0.1) is 0 Å². The molecule has 0 fully saturated rings. The van der Waals surface area contributed by atoms with Crippen molar-refractivity contribution in [1.82, 2.24) is 15.0 Å². The van der Waals surface area contributed by atoms with Crippen molar-refractivity contribution in [3.8, 4) is 67.5 Å². The number of hydrogen-bond donors (Lipinski definition) is 0. The van der Waals surface area contributed by atoms with E-state index in [-0.39, 0.29) is 5.92 Å². The second-order valence-electron chi connectivity index (χ2n) is 15.9. The van der Waals surface area contributed by atoms with Gasteiger partial charge in [0.1, 0.15) is 5.58 Å². The maximum atomic E-state index is 7.03. The van der Waals surface area contributed by atoms with Crippen LogP contribution in [0.1, 0.15) is 17.9 Å². The van der Waals surface area contributed by atoms with Crippen LogP contribution in [-0.4, -0.2) is 15.0 Å². The van der Waals surface area contributed by atoms with Crippen LogP contribution in [-0.2, 0) is 0 Å². The van der Waals surface area contributed by atoms with Crippen molar-refractivity contribution in [2.24, 2.45) is 0 Å². The standard InChI is InChI=1S/C57H38N4O/c1-5-17-37(18-6-1)40-23-15-24-41(35-40)42-31-32-44(49(36-42)57-59-55(38-19-7-2-8-20-38)58-56(60-57)39-21-9-3-10-22-39)46-28-16-30-51-52(46)48-34-33-47-45-27-13-14-29-50(45)61(53(47)54(48)62-51)43-25-11-4-12-26-43/h1-26,28-36,45H,27H2. The van der Waals surface area contributed by atoms with Crippen LogP contribution in [0.25, 0.3) is 89.5 Å². The van der Waals surface area contributed by atoms with Crippen LogP contribution in [0.15, 0.2) is 222 Å². The lowest BCUT2D eigenvalue weighted by molar-refractivity contribution is 0.669. The predicted molar refractivity (Wildman–Crippen MR) is 253 cm³/mol. The van der Waals surface area contributed by atoms with Gasteiger partial charge in [0.05, 0.1) is 5.69 Å². The molecule has 0 saturated carbocycles. The minimum Gasteiger partial charge on any atom is -0.454 e. The van der Waals surface area contributed by atoms with Gasteiger partial charge < -0.3 is 9.32 Å². The van der Waals surface area contributed by atoms with Crippen molar-refractivity contribution < 1.29 is 4.42 Å². The van der Waals surface area contributed by atoms with E-state index in [1.165, 1.54) is 16.8 Å². The van der Waals surface area contributed by atoms with Gasteiger partial charge in [-0.2, -0.15) is 0 Å². The lowest BCUT2D eigenvalue weighted by atomic mass is 9.90. The molecule has 8 aromatic carbocycles. The molecular weight excluding hydrogens is 757 g/mol. The molecule has 0 saturated heterocycles. The first-order valence-corrected chi connectivity index (χ1v) is 21.1. The normalized spacial score (nSPS) is 14.2. The smallest absolute Gasteiger partial charge is 0.164 e. The lowest BCUT2D eigenvalue weighted by Gasteiger charge is -2.24. The maximum absolute atomic E-state index is 7.03. The Labute approximate surface area is 359 Å². The number of aromatic nitrogens is 3. The van der Waals surface area contributed by atoms with Gasteiger partial charge in [0.15, 0.2) is 23.1 Å². The number of hydrogen-bond acceptors (Lipinski definition) is 5. The molecule has 1 unspecified atom stereocenters. The SMILES string of the molecule is C1=CCC2C(=C1)N(c1ccccc1)c1c2ccc2c1oc1cccc(-c3ccc(-c4cccc(-c5ccccc5)c4)cc3-c3nc(-c4ccccc4)nc(-c4ccccc4)n3)c12. The van der Waals surface area contributed by atoms with Gasteiger partial charge in [-0.05, 0) is 81.8 Å². The molecule has 1 aliphatic carbocycles. The first-order chi connectivity index (χ1) is 30.7. The lowest BCUT2D eigenvalue weighted by Crippen LogP contribution is -2.14. The Kier molecular flexibility index (Phi) is 8.56. The molecule has 5 heteroatoms. The number of para-hydroxylation sites is 1. The predicted octanol–water partition coefficient (Wildman–Crippen LogP) is 14.9. The van der Waals surface area contributed by atoms with Crippen LogP contribution in [0.3, 0.4) is 0 Å². The highest BCUT2D eigenvalue weighted by Gasteiger charge is 2.38.